The van der Waals surface area contributed by atoms with Crippen LogP contribution < -0.4 is 20.3 Å². The molecular formula is C28H30N8O2. The summed E-state index contributed by atoms with van der Waals surface area (Å²) in [4.78, 5) is 25.6. The van der Waals surface area contributed by atoms with Gasteiger partial charge < -0.3 is 25.0 Å². The Hall–Kier alpha value is -4.15. The Morgan fingerprint density at radius 1 is 1.08 bits per heavy atom. The quantitative estimate of drug-likeness (QED) is 0.383. The van der Waals surface area contributed by atoms with Gasteiger partial charge in [0.2, 0.25) is 11.8 Å². The van der Waals surface area contributed by atoms with E-state index in [4.69, 9.17) is 19.4 Å². The Morgan fingerprint density at radius 2 is 2.00 bits per heavy atom. The van der Waals surface area contributed by atoms with Gasteiger partial charge in [0.15, 0.2) is 5.82 Å². The maximum atomic E-state index is 5.82. The maximum absolute atomic E-state index is 5.82. The van der Waals surface area contributed by atoms with Crippen LogP contribution in [0.3, 0.4) is 0 Å². The normalized spacial score (nSPS) is 17.1. The minimum atomic E-state index is 0.266. The maximum Gasteiger partial charge on any atom is 0.231 e. The summed E-state index contributed by atoms with van der Waals surface area (Å²) in [7, 11) is 0. The van der Waals surface area contributed by atoms with Gasteiger partial charge in [0.25, 0.3) is 0 Å². The highest BCUT2D eigenvalue weighted by Gasteiger charge is 2.27. The first-order valence-corrected chi connectivity index (χ1v) is 12.9. The van der Waals surface area contributed by atoms with Crippen molar-refractivity contribution in [2.24, 2.45) is 0 Å². The van der Waals surface area contributed by atoms with Gasteiger partial charge in [0.05, 0.1) is 24.9 Å². The number of fused-ring (bicyclic) bond motifs is 1. The number of morpholine rings is 1. The second-order valence-electron chi connectivity index (χ2n) is 9.39. The van der Waals surface area contributed by atoms with E-state index in [9.17, 15) is 0 Å². The van der Waals surface area contributed by atoms with Crippen LogP contribution >= 0.6 is 0 Å². The van der Waals surface area contributed by atoms with Gasteiger partial charge in [-0.25, -0.2) is 19.9 Å². The number of anilines is 3. The van der Waals surface area contributed by atoms with Gasteiger partial charge in [-0.3, -0.25) is 0 Å². The molecule has 0 radical (unpaired) electrons. The summed E-state index contributed by atoms with van der Waals surface area (Å²) in [5.41, 5.74) is 4.22. The van der Waals surface area contributed by atoms with Crippen LogP contribution in [0.4, 0.5) is 17.6 Å². The van der Waals surface area contributed by atoms with Crippen LogP contribution in [0.5, 0.6) is 5.88 Å². The summed E-state index contributed by atoms with van der Waals surface area (Å²) in [6.45, 7) is 6.53. The Balaban J connectivity index is 1.19. The number of pyridine rings is 1. The molecule has 0 spiro atoms. The smallest absolute Gasteiger partial charge is 0.231 e. The predicted molar refractivity (Wildman–Crippen MR) is 144 cm³/mol. The van der Waals surface area contributed by atoms with E-state index < -0.39 is 0 Å². The zero-order chi connectivity index (χ0) is 25.7. The summed E-state index contributed by atoms with van der Waals surface area (Å²) in [6, 6.07) is 15.8. The molecule has 2 aliphatic rings. The lowest BCUT2D eigenvalue weighted by Crippen LogP contribution is -2.45. The van der Waals surface area contributed by atoms with Crippen molar-refractivity contribution in [3.05, 3.63) is 77.7 Å². The van der Waals surface area contributed by atoms with Crippen molar-refractivity contribution in [1.29, 1.82) is 0 Å². The second kappa shape index (κ2) is 11.1. The average molecular weight is 511 g/mol. The average Bonchev–Trinajstić information content (AvgIpc) is 2.97. The number of ether oxygens (including phenoxy) is 2. The third-order valence-electron chi connectivity index (χ3n) is 6.68. The summed E-state index contributed by atoms with van der Waals surface area (Å²) in [6.07, 6.45) is 4.36. The lowest BCUT2D eigenvalue weighted by Gasteiger charge is -2.36. The summed E-state index contributed by atoms with van der Waals surface area (Å²) in [5, 5.41) is 6.59. The molecule has 2 aliphatic heterocycles. The van der Waals surface area contributed by atoms with E-state index in [0.717, 1.165) is 48.7 Å². The number of benzene rings is 1. The van der Waals surface area contributed by atoms with Gasteiger partial charge >= 0.3 is 0 Å². The SMILES string of the molecule is C[C@H]1COCCN1c1nc(-c2ccc(Nc3nccc(OCc4ccccc4)n3)nc2)nc2c1CCNC2. The van der Waals surface area contributed by atoms with E-state index in [1.807, 2.05) is 42.5 Å². The van der Waals surface area contributed by atoms with Crippen LogP contribution in [0.15, 0.2) is 60.9 Å². The molecule has 5 heterocycles. The molecule has 2 N–H and O–H groups in total. The highest BCUT2D eigenvalue weighted by atomic mass is 16.5. The third kappa shape index (κ3) is 5.41. The summed E-state index contributed by atoms with van der Waals surface area (Å²) >= 11 is 0. The largest absolute Gasteiger partial charge is 0.473 e. The lowest BCUT2D eigenvalue weighted by atomic mass is 10.0. The van der Waals surface area contributed by atoms with E-state index >= 15 is 0 Å². The molecule has 4 aromatic rings. The molecule has 0 bridgehead atoms. The molecule has 0 unspecified atom stereocenters. The highest BCUT2D eigenvalue weighted by molar-refractivity contribution is 5.63. The summed E-state index contributed by atoms with van der Waals surface area (Å²) < 4.78 is 11.5. The van der Waals surface area contributed by atoms with E-state index in [0.29, 0.717) is 43.3 Å². The molecular weight excluding hydrogens is 480 g/mol. The number of hydrogen-bond donors (Lipinski definition) is 2. The third-order valence-corrected chi connectivity index (χ3v) is 6.68. The highest BCUT2D eigenvalue weighted by Crippen LogP contribution is 2.30. The number of hydrogen-bond acceptors (Lipinski definition) is 10. The molecule has 6 rings (SSSR count). The molecule has 38 heavy (non-hydrogen) atoms. The fraction of sp³-hybridized carbons (Fsp3) is 0.321. The number of rotatable bonds is 7. The van der Waals surface area contributed by atoms with Gasteiger partial charge in [-0.1, -0.05) is 30.3 Å². The lowest BCUT2D eigenvalue weighted by molar-refractivity contribution is 0.0984. The van der Waals surface area contributed by atoms with Crippen LogP contribution in [0.2, 0.25) is 0 Å². The standard InChI is InChI=1S/C28H30N8O2/c1-19-17-37-14-13-36(19)27-22-9-11-29-16-23(22)32-26(35-27)21-7-8-24(31-15-21)33-28-30-12-10-25(34-28)38-18-20-5-3-2-4-6-20/h2-8,10,12,15,19,29H,9,11,13-14,16-18H2,1H3,(H,30,31,33,34)/t19-/m0/s1. The van der Waals surface area contributed by atoms with Crippen LogP contribution in [0.1, 0.15) is 23.7 Å². The Morgan fingerprint density at radius 3 is 2.84 bits per heavy atom. The number of nitrogens with one attached hydrogen (secondary N) is 2. The van der Waals surface area contributed by atoms with Gasteiger partial charge in [0, 0.05) is 42.7 Å². The fourth-order valence-electron chi connectivity index (χ4n) is 4.68. The molecule has 194 valence electrons. The fourth-order valence-corrected chi connectivity index (χ4v) is 4.68. The van der Waals surface area contributed by atoms with Crippen molar-refractivity contribution in [1.82, 2.24) is 30.2 Å². The van der Waals surface area contributed by atoms with Gasteiger partial charge in [-0.2, -0.15) is 4.98 Å². The predicted octanol–water partition coefficient (Wildman–Crippen LogP) is 3.52. The molecule has 3 aromatic heterocycles. The van der Waals surface area contributed by atoms with E-state index in [1.54, 1.807) is 18.5 Å². The molecule has 1 fully saturated rings. The molecule has 1 aromatic carbocycles. The van der Waals surface area contributed by atoms with Crippen molar-refractivity contribution < 1.29 is 9.47 Å². The van der Waals surface area contributed by atoms with Gasteiger partial charge in [0.1, 0.15) is 18.2 Å². The first-order valence-electron chi connectivity index (χ1n) is 12.9. The summed E-state index contributed by atoms with van der Waals surface area (Å²) in [5.74, 6) is 3.22. The first-order chi connectivity index (χ1) is 18.7. The van der Waals surface area contributed by atoms with E-state index in [2.05, 4.69) is 37.4 Å². The zero-order valence-corrected chi connectivity index (χ0v) is 21.3. The van der Waals surface area contributed by atoms with Crippen molar-refractivity contribution in [2.75, 3.05) is 36.5 Å². The van der Waals surface area contributed by atoms with E-state index in [1.165, 1.54) is 5.56 Å². The van der Waals surface area contributed by atoms with Crippen molar-refractivity contribution in [3.63, 3.8) is 0 Å². The molecule has 10 nitrogen and oxygen atoms in total. The van der Waals surface area contributed by atoms with Gasteiger partial charge in [-0.15, -0.1) is 0 Å². The molecule has 0 saturated carbocycles. The van der Waals surface area contributed by atoms with Gasteiger partial charge in [-0.05, 0) is 37.6 Å². The molecule has 1 saturated heterocycles. The van der Waals surface area contributed by atoms with E-state index in [-0.39, 0.29) is 6.04 Å². The molecule has 10 heteroatoms. The Labute approximate surface area is 221 Å². The first kappa shape index (κ1) is 24.2. The minimum Gasteiger partial charge on any atom is -0.473 e. The van der Waals surface area contributed by atoms with Crippen LogP contribution in [0, 0.1) is 0 Å². The number of aromatic nitrogens is 5. The number of nitrogens with zero attached hydrogens (tertiary/aromatic N) is 6. The second-order valence-corrected chi connectivity index (χ2v) is 9.39. The molecule has 0 aliphatic carbocycles. The Kier molecular flexibility index (Phi) is 7.05. The topological polar surface area (TPSA) is 110 Å². The van der Waals surface area contributed by atoms with Crippen molar-refractivity contribution >= 4 is 17.6 Å². The van der Waals surface area contributed by atoms with Crippen molar-refractivity contribution in [3.8, 4) is 17.3 Å². The minimum absolute atomic E-state index is 0.266. The monoisotopic (exact) mass is 510 g/mol. The zero-order valence-electron chi connectivity index (χ0n) is 21.3. The van der Waals surface area contributed by atoms with Crippen LogP contribution in [-0.2, 0) is 24.3 Å². The Bertz CT molecular complexity index is 1380. The van der Waals surface area contributed by atoms with Crippen LogP contribution in [0.25, 0.3) is 11.4 Å². The van der Waals surface area contributed by atoms with Crippen LogP contribution in [-0.4, -0.2) is 57.3 Å². The molecule has 1 atom stereocenters. The van der Waals surface area contributed by atoms with Crippen molar-refractivity contribution in [2.45, 2.75) is 32.5 Å². The molecule has 0 amide bonds.